The normalized spacial score (nSPS) is 17.8. The van der Waals surface area contributed by atoms with E-state index in [-0.39, 0.29) is 0 Å². The Morgan fingerprint density at radius 2 is 1.81 bits per heavy atom. The molecule has 0 bridgehead atoms. The summed E-state index contributed by atoms with van der Waals surface area (Å²) in [6.45, 7) is 3.09. The number of halogens is 2. The second kappa shape index (κ2) is 4.50. The van der Waals surface area contributed by atoms with Crippen LogP contribution in [-0.4, -0.2) is 19.5 Å². The average Bonchev–Trinajstić information content (AvgIpc) is 2.66. The molecule has 1 nitrogen and oxygen atoms in total. The van der Waals surface area contributed by atoms with Crippen LogP contribution in [0, 0.1) is 5.41 Å². The van der Waals surface area contributed by atoms with E-state index in [1.54, 1.807) is 0 Å². The summed E-state index contributed by atoms with van der Waals surface area (Å²) in [5.74, 6) is 0. The van der Waals surface area contributed by atoms with Gasteiger partial charge in [-0.3, -0.25) is 0 Å². The van der Waals surface area contributed by atoms with Gasteiger partial charge < -0.3 is 5.32 Å². The van der Waals surface area contributed by atoms with Crippen LogP contribution in [0.4, 0.5) is 8.78 Å². The van der Waals surface area contributed by atoms with Crippen molar-refractivity contribution in [3.8, 4) is 0 Å². The third-order valence-electron chi connectivity index (χ3n) is 3.39. The van der Waals surface area contributed by atoms with Crippen LogP contribution in [0.1, 0.15) is 18.1 Å². The first-order valence-electron chi connectivity index (χ1n) is 5.73. The highest BCUT2D eigenvalue weighted by Crippen LogP contribution is 2.41. The van der Waals surface area contributed by atoms with E-state index < -0.39 is 11.8 Å². The van der Waals surface area contributed by atoms with Crippen LogP contribution in [0.15, 0.2) is 24.3 Å². The van der Waals surface area contributed by atoms with Crippen LogP contribution in [0.5, 0.6) is 0 Å². The lowest BCUT2D eigenvalue weighted by Gasteiger charge is -2.28. The first-order valence-corrected chi connectivity index (χ1v) is 5.73. The lowest BCUT2D eigenvalue weighted by atomic mass is 9.85. The molecule has 0 spiro atoms. The molecule has 0 radical (unpaired) electrons. The second-order valence-electron chi connectivity index (χ2n) is 4.57. The second-order valence-corrected chi connectivity index (χ2v) is 4.57. The molecule has 3 heteroatoms. The van der Waals surface area contributed by atoms with Gasteiger partial charge in [0.1, 0.15) is 0 Å². The Morgan fingerprint density at radius 1 is 1.25 bits per heavy atom. The molecule has 0 heterocycles. The Bertz CT molecular complexity index is 338. The van der Waals surface area contributed by atoms with Gasteiger partial charge in [0.05, 0.1) is 5.41 Å². The summed E-state index contributed by atoms with van der Waals surface area (Å²) in [7, 11) is 0. The van der Waals surface area contributed by atoms with E-state index in [0.717, 1.165) is 17.7 Å². The van der Waals surface area contributed by atoms with Gasteiger partial charge in [-0.1, -0.05) is 31.2 Å². The van der Waals surface area contributed by atoms with Crippen molar-refractivity contribution in [1.82, 2.24) is 5.32 Å². The Kier molecular flexibility index (Phi) is 3.24. The van der Waals surface area contributed by atoms with Crippen LogP contribution in [0.2, 0.25) is 0 Å². The molecule has 0 amide bonds. The lowest BCUT2D eigenvalue weighted by Crippen LogP contribution is -2.41. The number of hydrogen-bond donors (Lipinski definition) is 1. The molecule has 0 unspecified atom stereocenters. The molecule has 1 N–H and O–H groups in total. The van der Waals surface area contributed by atoms with Gasteiger partial charge in [-0.2, -0.15) is 0 Å². The maximum atomic E-state index is 13.2. The topological polar surface area (TPSA) is 12.0 Å². The van der Waals surface area contributed by atoms with E-state index in [0.29, 0.717) is 19.4 Å². The summed E-state index contributed by atoms with van der Waals surface area (Å²) in [6, 6.07) is 7.78. The minimum atomic E-state index is -2.26. The minimum absolute atomic E-state index is 0.399. The highest BCUT2D eigenvalue weighted by molar-refractivity contribution is 5.34. The number of nitrogens with one attached hydrogen (secondary N) is 1. The zero-order chi connectivity index (χ0) is 11.6. The summed E-state index contributed by atoms with van der Waals surface area (Å²) in [4.78, 5) is 0. The molecular weight excluding hydrogens is 208 g/mol. The van der Waals surface area contributed by atoms with Crippen LogP contribution in [-0.2, 0) is 12.8 Å². The molecule has 0 aromatic heterocycles. The fourth-order valence-electron chi connectivity index (χ4n) is 2.45. The molecule has 1 aliphatic carbocycles. The standard InChI is InChI=1S/C13H17F2N/c1-2-16-9-13(12(14)15)7-10-5-3-4-6-11(10)8-13/h3-6,12,16H,2,7-9H2,1H3. The van der Waals surface area contributed by atoms with Gasteiger partial charge in [0.25, 0.3) is 0 Å². The molecule has 0 saturated carbocycles. The maximum absolute atomic E-state index is 13.2. The number of fused-ring (bicyclic) bond motifs is 1. The number of benzene rings is 1. The summed E-state index contributed by atoms with van der Waals surface area (Å²) < 4.78 is 26.5. The third kappa shape index (κ3) is 1.96. The number of alkyl halides is 2. The Morgan fingerprint density at radius 3 is 2.25 bits per heavy atom. The molecule has 0 saturated heterocycles. The van der Waals surface area contributed by atoms with Crippen LogP contribution in [0.3, 0.4) is 0 Å². The molecule has 0 aliphatic heterocycles. The molecule has 88 valence electrons. The van der Waals surface area contributed by atoms with E-state index in [1.807, 2.05) is 31.2 Å². The van der Waals surface area contributed by atoms with Crippen molar-refractivity contribution in [2.24, 2.45) is 5.41 Å². The van der Waals surface area contributed by atoms with Gasteiger partial charge in [0.2, 0.25) is 6.43 Å². The van der Waals surface area contributed by atoms with Crippen molar-refractivity contribution in [2.75, 3.05) is 13.1 Å². The van der Waals surface area contributed by atoms with Crippen LogP contribution in [0.25, 0.3) is 0 Å². The van der Waals surface area contributed by atoms with Crippen molar-refractivity contribution in [3.63, 3.8) is 0 Å². The molecule has 1 aromatic carbocycles. The van der Waals surface area contributed by atoms with E-state index in [2.05, 4.69) is 5.32 Å². The van der Waals surface area contributed by atoms with Gasteiger partial charge in [-0.15, -0.1) is 0 Å². The average molecular weight is 225 g/mol. The van der Waals surface area contributed by atoms with E-state index in [1.165, 1.54) is 0 Å². The molecule has 1 aliphatic rings. The SMILES string of the molecule is CCNCC1(C(F)F)Cc2ccccc2C1. The van der Waals surface area contributed by atoms with Crippen LogP contribution >= 0.6 is 0 Å². The van der Waals surface area contributed by atoms with E-state index >= 15 is 0 Å². The first-order chi connectivity index (χ1) is 7.68. The largest absolute Gasteiger partial charge is 0.316 e. The molecule has 0 fully saturated rings. The van der Waals surface area contributed by atoms with Gasteiger partial charge in [-0.05, 0) is 30.5 Å². The van der Waals surface area contributed by atoms with Gasteiger partial charge in [0, 0.05) is 6.54 Å². The molecule has 16 heavy (non-hydrogen) atoms. The highest BCUT2D eigenvalue weighted by atomic mass is 19.3. The molecular formula is C13H17F2N. The van der Waals surface area contributed by atoms with E-state index in [9.17, 15) is 8.78 Å². The summed E-state index contributed by atoms with van der Waals surface area (Å²) in [6.07, 6.45) is -1.28. The zero-order valence-electron chi connectivity index (χ0n) is 9.47. The summed E-state index contributed by atoms with van der Waals surface area (Å²) in [5.41, 5.74) is 1.28. The predicted molar refractivity (Wildman–Crippen MR) is 60.8 cm³/mol. The summed E-state index contributed by atoms with van der Waals surface area (Å²) in [5, 5.41) is 3.07. The Labute approximate surface area is 94.9 Å². The fraction of sp³-hybridized carbons (Fsp3) is 0.538. The number of hydrogen-bond acceptors (Lipinski definition) is 1. The minimum Gasteiger partial charge on any atom is -0.316 e. The molecule has 1 aromatic rings. The van der Waals surface area contributed by atoms with Crippen LogP contribution < -0.4 is 5.32 Å². The molecule has 2 rings (SSSR count). The van der Waals surface area contributed by atoms with Gasteiger partial charge in [-0.25, -0.2) is 8.78 Å². The monoisotopic (exact) mass is 225 g/mol. The van der Waals surface area contributed by atoms with Crippen molar-refractivity contribution in [3.05, 3.63) is 35.4 Å². The third-order valence-corrected chi connectivity index (χ3v) is 3.39. The maximum Gasteiger partial charge on any atom is 0.246 e. The van der Waals surface area contributed by atoms with Crippen molar-refractivity contribution < 1.29 is 8.78 Å². The smallest absolute Gasteiger partial charge is 0.246 e. The van der Waals surface area contributed by atoms with Crippen molar-refractivity contribution >= 4 is 0 Å². The first kappa shape index (κ1) is 11.5. The Balaban J connectivity index is 2.20. The number of rotatable bonds is 4. The zero-order valence-corrected chi connectivity index (χ0v) is 9.47. The predicted octanol–water partition coefficient (Wildman–Crippen LogP) is 2.65. The van der Waals surface area contributed by atoms with Crippen molar-refractivity contribution in [2.45, 2.75) is 26.2 Å². The Hall–Kier alpha value is -0.960. The van der Waals surface area contributed by atoms with Crippen molar-refractivity contribution in [1.29, 1.82) is 0 Å². The lowest BCUT2D eigenvalue weighted by molar-refractivity contribution is 0.00193. The molecule has 0 atom stereocenters. The van der Waals surface area contributed by atoms with Gasteiger partial charge in [0.15, 0.2) is 0 Å². The summed E-state index contributed by atoms with van der Waals surface area (Å²) >= 11 is 0. The quantitative estimate of drug-likeness (QED) is 0.830. The van der Waals surface area contributed by atoms with E-state index in [4.69, 9.17) is 0 Å². The fourth-order valence-corrected chi connectivity index (χ4v) is 2.45. The van der Waals surface area contributed by atoms with Gasteiger partial charge >= 0.3 is 0 Å². The highest BCUT2D eigenvalue weighted by Gasteiger charge is 2.44.